The van der Waals surface area contributed by atoms with E-state index in [0.29, 0.717) is 12.6 Å². The zero-order chi connectivity index (χ0) is 11.8. The largest absolute Gasteiger partial charge is 0.353 e. The molecule has 1 fully saturated rings. The van der Waals surface area contributed by atoms with Gasteiger partial charge in [0, 0.05) is 18.9 Å². The van der Waals surface area contributed by atoms with Gasteiger partial charge in [0.05, 0.1) is 13.2 Å². The van der Waals surface area contributed by atoms with Gasteiger partial charge in [-0.2, -0.15) is 5.10 Å². The van der Waals surface area contributed by atoms with Crippen LogP contribution in [-0.2, 0) is 9.47 Å². The number of nitrogens with zero attached hydrogens (tertiary/aromatic N) is 2. The molecule has 0 aliphatic carbocycles. The Balaban J connectivity index is 2.16. The number of ether oxygens (including phenoxy) is 2. The van der Waals surface area contributed by atoms with Crippen molar-refractivity contribution in [1.29, 1.82) is 0 Å². The highest BCUT2D eigenvalue weighted by atomic mass is 16.7. The van der Waals surface area contributed by atoms with Gasteiger partial charge in [0.25, 0.3) is 0 Å². The maximum atomic E-state index is 5.67. The fourth-order valence-corrected chi connectivity index (χ4v) is 1.72. The van der Waals surface area contributed by atoms with Crippen LogP contribution in [0.15, 0.2) is 5.10 Å². The van der Waals surface area contributed by atoms with E-state index in [-0.39, 0.29) is 6.29 Å². The van der Waals surface area contributed by atoms with Gasteiger partial charge in [-0.1, -0.05) is 0 Å². The molecule has 0 amide bonds. The highest BCUT2D eigenvalue weighted by Crippen LogP contribution is 2.13. The van der Waals surface area contributed by atoms with E-state index >= 15 is 0 Å². The minimum absolute atomic E-state index is 0.00775. The lowest BCUT2D eigenvalue weighted by atomic mass is 10.2. The van der Waals surface area contributed by atoms with E-state index in [0.717, 1.165) is 26.0 Å². The summed E-state index contributed by atoms with van der Waals surface area (Å²) in [5, 5.41) is 6.32. The van der Waals surface area contributed by atoms with E-state index in [4.69, 9.17) is 9.47 Å². The summed E-state index contributed by atoms with van der Waals surface area (Å²) in [6.45, 7) is 8.53. The van der Waals surface area contributed by atoms with Crippen molar-refractivity contribution in [3.8, 4) is 0 Å². The van der Waals surface area contributed by atoms with Gasteiger partial charge in [-0.15, -0.1) is 0 Å². The molecule has 94 valence electrons. The Morgan fingerprint density at radius 2 is 2.31 bits per heavy atom. The van der Waals surface area contributed by atoms with Crippen LogP contribution in [0.25, 0.3) is 0 Å². The first-order chi connectivity index (χ1) is 7.74. The third kappa shape index (κ3) is 4.94. The van der Waals surface area contributed by atoms with Crippen molar-refractivity contribution in [2.45, 2.75) is 52.4 Å². The minimum atomic E-state index is 0.00775. The molecule has 0 N–H and O–H groups in total. The third-order valence-electron chi connectivity index (χ3n) is 2.62. The Morgan fingerprint density at radius 1 is 1.50 bits per heavy atom. The molecule has 4 heteroatoms. The number of hydrogen-bond acceptors (Lipinski definition) is 4. The van der Waals surface area contributed by atoms with Crippen molar-refractivity contribution in [3.63, 3.8) is 0 Å². The van der Waals surface area contributed by atoms with Gasteiger partial charge < -0.3 is 9.47 Å². The monoisotopic (exact) mass is 228 g/mol. The predicted molar refractivity (Wildman–Crippen MR) is 65.6 cm³/mol. The van der Waals surface area contributed by atoms with Crippen molar-refractivity contribution in [1.82, 2.24) is 5.01 Å². The summed E-state index contributed by atoms with van der Waals surface area (Å²) in [5.74, 6) is 0. The van der Waals surface area contributed by atoms with Crippen LogP contribution in [0.2, 0.25) is 0 Å². The first-order valence-electron chi connectivity index (χ1n) is 6.22. The SMILES string of the molecule is C/C=N\N(CCOC1CCCCO1)C(C)C. The van der Waals surface area contributed by atoms with E-state index in [1.165, 1.54) is 6.42 Å². The molecule has 0 spiro atoms. The highest BCUT2D eigenvalue weighted by molar-refractivity contribution is 5.52. The zero-order valence-electron chi connectivity index (χ0n) is 10.7. The Morgan fingerprint density at radius 3 is 2.88 bits per heavy atom. The zero-order valence-corrected chi connectivity index (χ0v) is 10.7. The standard InChI is InChI=1S/C12H24N2O2/c1-4-13-14(11(2)3)8-10-16-12-7-5-6-9-15-12/h4,11-12H,5-10H2,1-3H3/b13-4-. The second kappa shape index (κ2) is 7.63. The van der Waals surface area contributed by atoms with Gasteiger partial charge in [-0.25, -0.2) is 0 Å². The Hall–Kier alpha value is -0.610. The molecule has 1 saturated heterocycles. The van der Waals surface area contributed by atoms with Crippen LogP contribution >= 0.6 is 0 Å². The molecule has 0 aromatic heterocycles. The molecular weight excluding hydrogens is 204 g/mol. The fourth-order valence-electron chi connectivity index (χ4n) is 1.72. The topological polar surface area (TPSA) is 34.1 Å². The third-order valence-corrected chi connectivity index (χ3v) is 2.62. The van der Waals surface area contributed by atoms with Gasteiger partial charge >= 0.3 is 0 Å². The molecule has 1 rings (SSSR count). The van der Waals surface area contributed by atoms with Crippen molar-refractivity contribution in [2.24, 2.45) is 5.10 Å². The van der Waals surface area contributed by atoms with Gasteiger partial charge in [-0.05, 0) is 40.0 Å². The molecule has 1 atom stereocenters. The van der Waals surface area contributed by atoms with Crippen LogP contribution in [0.4, 0.5) is 0 Å². The fraction of sp³-hybridized carbons (Fsp3) is 0.917. The predicted octanol–water partition coefficient (Wildman–Crippen LogP) is 2.25. The summed E-state index contributed by atoms with van der Waals surface area (Å²) in [5.41, 5.74) is 0. The van der Waals surface area contributed by atoms with Crippen LogP contribution in [0.3, 0.4) is 0 Å². The lowest BCUT2D eigenvalue weighted by Gasteiger charge is -2.26. The smallest absolute Gasteiger partial charge is 0.157 e. The highest BCUT2D eigenvalue weighted by Gasteiger charge is 2.14. The second-order valence-corrected chi connectivity index (χ2v) is 4.30. The average Bonchev–Trinajstić information content (AvgIpc) is 2.29. The molecule has 1 unspecified atom stereocenters. The number of rotatable bonds is 6. The minimum Gasteiger partial charge on any atom is -0.353 e. The van der Waals surface area contributed by atoms with Gasteiger partial charge in [0.15, 0.2) is 6.29 Å². The van der Waals surface area contributed by atoms with E-state index in [2.05, 4.69) is 18.9 Å². The van der Waals surface area contributed by atoms with E-state index in [1.807, 2.05) is 18.1 Å². The lowest BCUT2D eigenvalue weighted by Crippen LogP contribution is -2.31. The molecule has 0 radical (unpaired) electrons. The van der Waals surface area contributed by atoms with Crippen molar-refractivity contribution >= 4 is 6.21 Å². The molecule has 0 aromatic rings. The second-order valence-electron chi connectivity index (χ2n) is 4.30. The lowest BCUT2D eigenvalue weighted by molar-refractivity contribution is -0.164. The molecule has 1 aliphatic rings. The molecule has 1 heterocycles. The normalized spacial score (nSPS) is 21.9. The van der Waals surface area contributed by atoms with Crippen LogP contribution < -0.4 is 0 Å². The summed E-state index contributed by atoms with van der Waals surface area (Å²) in [4.78, 5) is 0. The molecule has 0 saturated carbocycles. The van der Waals surface area contributed by atoms with Crippen molar-refractivity contribution in [3.05, 3.63) is 0 Å². The molecular formula is C12H24N2O2. The Bertz CT molecular complexity index is 201. The number of hydrogen-bond donors (Lipinski definition) is 0. The van der Waals surface area contributed by atoms with Gasteiger partial charge in [0.2, 0.25) is 0 Å². The summed E-state index contributed by atoms with van der Waals surface area (Å²) in [6, 6.07) is 0.409. The number of hydrazone groups is 1. The van der Waals surface area contributed by atoms with E-state index in [1.54, 1.807) is 0 Å². The van der Waals surface area contributed by atoms with Crippen LogP contribution in [0.1, 0.15) is 40.0 Å². The van der Waals surface area contributed by atoms with E-state index < -0.39 is 0 Å². The molecule has 0 bridgehead atoms. The van der Waals surface area contributed by atoms with Crippen LogP contribution in [0, 0.1) is 0 Å². The summed E-state index contributed by atoms with van der Waals surface area (Å²) >= 11 is 0. The summed E-state index contributed by atoms with van der Waals surface area (Å²) < 4.78 is 11.2. The first-order valence-corrected chi connectivity index (χ1v) is 6.22. The van der Waals surface area contributed by atoms with Crippen molar-refractivity contribution in [2.75, 3.05) is 19.8 Å². The molecule has 16 heavy (non-hydrogen) atoms. The Kier molecular flexibility index (Phi) is 6.42. The molecule has 4 nitrogen and oxygen atoms in total. The Labute approximate surface area is 98.6 Å². The quantitative estimate of drug-likeness (QED) is 0.516. The van der Waals surface area contributed by atoms with Crippen molar-refractivity contribution < 1.29 is 9.47 Å². The van der Waals surface area contributed by atoms with Gasteiger partial charge in [0.1, 0.15) is 0 Å². The van der Waals surface area contributed by atoms with Crippen LogP contribution in [0.5, 0.6) is 0 Å². The van der Waals surface area contributed by atoms with Crippen LogP contribution in [-0.4, -0.2) is 43.3 Å². The van der Waals surface area contributed by atoms with Gasteiger partial charge in [-0.3, -0.25) is 5.01 Å². The summed E-state index contributed by atoms with van der Waals surface area (Å²) in [7, 11) is 0. The summed E-state index contributed by atoms with van der Waals surface area (Å²) in [6.07, 6.45) is 5.23. The maximum absolute atomic E-state index is 5.67. The first kappa shape index (κ1) is 13.5. The van der Waals surface area contributed by atoms with E-state index in [9.17, 15) is 0 Å². The maximum Gasteiger partial charge on any atom is 0.157 e. The average molecular weight is 228 g/mol. The molecule has 0 aromatic carbocycles. The molecule has 1 aliphatic heterocycles.